The number of ether oxygens (including phenoxy) is 1. The molecule has 2 nitrogen and oxygen atoms in total. The van der Waals surface area contributed by atoms with Crippen LogP contribution in [-0.2, 0) is 11.2 Å². The average Bonchev–Trinajstić information content (AvgIpc) is 2.33. The first-order valence-electron chi connectivity index (χ1n) is 5.14. The summed E-state index contributed by atoms with van der Waals surface area (Å²) in [4.78, 5) is 10.3. The number of carbonyl (C=O) groups is 1. The van der Waals surface area contributed by atoms with Crippen molar-refractivity contribution in [1.29, 1.82) is 0 Å². The monoisotopic (exact) mass is 212 g/mol. The minimum Gasteiger partial charge on any atom is -0.457 e. The standard InChI is InChI=1S/C14H12O2/c15-11-10-12-6-8-14(9-7-12)16-13-4-2-1-3-5-13/h1-9,11H,10H2. The van der Waals surface area contributed by atoms with Crippen LogP contribution in [0.25, 0.3) is 0 Å². The van der Waals surface area contributed by atoms with Crippen LogP contribution in [0.4, 0.5) is 0 Å². The number of hydrogen-bond acceptors (Lipinski definition) is 2. The summed E-state index contributed by atoms with van der Waals surface area (Å²) in [5, 5.41) is 0. The molecule has 0 aliphatic rings. The summed E-state index contributed by atoms with van der Waals surface area (Å²) < 4.78 is 5.62. The molecule has 0 atom stereocenters. The van der Waals surface area contributed by atoms with Crippen molar-refractivity contribution in [2.45, 2.75) is 6.42 Å². The molecule has 16 heavy (non-hydrogen) atoms. The van der Waals surface area contributed by atoms with Crippen molar-refractivity contribution in [2.24, 2.45) is 0 Å². The maximum absolute atomic E-state index is 10.3. The molecule has 0 aliphatic heterocycles. The third kappa shape index (κ3) is 2.70. The van der Waals surface area contributed by atoms with E-state index in [2.05, 4.69) is 0 Å². The maximum atomic E-state index is 10.3. The smallest absolute Gasteiger partial charge is 0.127 e. The fraction of sp³-hybridized carbons (Fsp3) is 0.0714. The fourth-order valence-electron chi connectivity index (χ4n) is 1.41. The molecule has 0 bridgehead atoms. The van der Waals surface area contributed by atoms with Crippen LogP contribution in [0, 0.1) is 0 Å². The van der Waals surface area contributed by atoms with E-state index in [0.29, 0.717) is 6.42 Å². The summed E-state index contributed by atoms with van der Waals surface area (Å²) in [7, 11) is 0. The average molecular weight is 212 g/mol. The number of carbonyl (C=O) groups excluding carboxylic acids is 1. The minimum absolute atomic E-state index is 0.450. The van der Waals surface area contributed by atoms with E-state index >= 15 is 0 Å². The van der Waals surface area contributed by atoms with E-state index in [1.165, 1.54) is 0 Å². The molecule has 0 saturated carbocycles. The Balaban J connectivity index is 2.08. The Morgan fingerprint density at radius 2 is 1.50 bits per heavy atom. The lowest BCUT2D eigenvalue weighted by molar-refractivity contribution is -0.107. The van der Waals surface area contributed by atoms with Crippen LogP contribution in [0.15, 0.2) is 54.6 Å². The van der Waals surface area contributed by atoms with Crippen molar-refractivity contribution in [1.82, 2.24) is 0 Å². The molecule has 0 aliphatic carbocycles. The normalized spacial score (nSPS) is 9.75. The first-order chi connectivity index (χ1) is 7.88. The molecule has 80 valence electrons. The molecule has 0 aromatic heterocycles. The second kappa shape index (κ2) is 5.12. The lowest BCUT2D eigenvalue weighted by Gasteiger charge is -2.05. The summed E-state index contributed by atoms with van der Waals surface area (Å²) in [5.74, 6) is 1.59. The SMILES string of the molecule is O=CCc1ccc(Oc2ccccc2)cc1. The van der Waals surface area contributed by atoms with Crippen LogP contribution >= 0.6 is 0 Å². The lowest BCUT2D eigenvalue weighted by atomic mass is 10.2. The molecule has 0 unspecified atom stereocenters. The molecular weight excluding hydrogens is 200 g/mol. The first kappa shape index (κ1) is 10.4. The van der Waals surface area contributed by atoms with Gasteiger partial charge < -0.3 is 9.53 Å². The van der Waals surface area contributed by atoms with Gasteiger partial charge in [0, 0.05) is 6.42 Å². The third-order valence-corrected chi connectivity index (χ3v) is 2.22. The summed E-state index contributed by atoms with van der Waals surface area (Å²) in [6.45, 7) is 0. The fourth-order valence-corrected chi connectivity index (χ4v) is 1.41. The Labute approximate surface area is 94.5 Å². The molecule has 2 aromatic carbocycles. The van der Waals surface area contributed by atoms with Crippen LogP contribution in [0.2, 0.25) is 0 Å². The predicted octanol–water partition coefficient (Wildman–Crippen LogP) is 3.22. The van der Waals surface area contributed by atoms with Gasteiger partial charge >= 0.3 is 0 Å². The quantitative estimate of drug-likeness (QED) is 0.727. The molecule has 0 heterocycles. The van der Waals surface area contributed by atoms with E-state index in [-0.39, 0.29) is 0 Å². The maximum Gasteiger partial charge on any atom is 0.127 e. The Morgan fingerprint density at radius 1 is 0.875 bits per heavy atom. The highest BCUT2D eigenvalue weighted by Gasteiger charge is 1.96. The van der Waals surface area contributed by atoms with Gasteiger partial charge in [-0.15, -0.1) is 0 Å². The van der Waals surface area contributed by atoms with E-state index < -0.39 is 0 Å². The summed E-state index contributed by atoms with van der Waals surface area (Å²) >= 11 is 0. The van der Waals surface area contributed by atoms with Gasteiger partial charge in [-0.2, -0.15) is 0 Å². The van der Waals surface area contributed by atoms with Crippen molar-refractivity contribution in [3.8, 4) is 11.5 Å². The van der Waals surface area contributed by atoms with E-state index in [1.54, 1.807) is 0 Å². The molecule has 2 aromatic rings. The van der Waals surface area contributed by atoms with Gasteiger partial charge in [-0.1, -0.05) is 30.3 Å². The predicted molar refractivity (Wildman–Crippen MR) is 62.7 cm³/mol. The van der Waals surface area contributed by atoms with Crippen LogP contribution in [0.1, 0.15) is 5.56 Å². The highest BCUT2D eigenvalue weighted by molar-refractivity contribution is 5.55. The largest absolute Gasteiger partial charge is 0.457 e. The Kier molecular flexibility index (Phi) is 3.34. The van der Waals surface area contributed by atoms with Crippen LogP contribution in [-0.4, -0.2) is 6.29 Å². The van der Waals surface area contributed by atoms with Gasteiger partial charge in [-0.25, -0.2) is 0 Å². The highest BCUT2D eigenvalue weighted by atomic mass is 16.5. The molecule has 2 rings (SSSR count). The Bertz CT molecular complexity index is 446. The molecular formula is C14H12O2. The molecule has 0 amide bonds. The lowest BCUT2D eigenvalue weighted by Crippen LogP contribution is -1.87. The molecule has 0 saturated heterocycles. The summed E-state index contributed by atoms with van der Waals surface area (Å²) in [6.07, 6.45) is 1.35. The Morgan fingerprint density at radius 3 is 2.12 bits per heavy atom. The van der Waals surface area contributed by atoms with Crippen LogP contribution < -0.4 is 4.74 Å². The van der Waals surface area contributed by atoms with Crippen LogP contribution in [0.3, 0.4) is 0 Å². The van der Waals surface area contributed by atoms with E-state index in [0.717, 1.165) is 23.3 Å². The number of para-hydroxylation sites is 1. The van der Waals surface area contributed by atoms with Gasteiger partial charge in [0.15, 0.2) is 0 Å². The van der Waals surface area contributed by atoms with Gasteiger partial charge in [0.25, 0.3) is 0 Å². The van der Waals surface area contributed by atoms with E-state index in [1.807, 2.05) is 54.6 Å². The molecule has 2 heteroatoms. The second-order valence-electron chi connectivity index (χ2n) is 3.43. The Hall–Kier alpha value is -2.09. The summed E-state index contributed by atoms with van der Waals surface area (Å²) in [5.41, 5.74) is 0.996. The summed E-state index contributed by atoms with van der Waals surface area (Å²) in [6, 6.07) is 17.1. The van der Waals surface area contributed by atoms with Crippen molar-refractivity contribution >= 4 is 6.29 Å². The van der Waals surface area contributed by atoms with Gasteiger partial charge in [-0.3, -0.25) is 0 Å². The molecule has 0 radical (unpaired) electrons. The minimum atomic E-state index is 0.450. The van der Waals surface area contributed by atoms with Gasteiger partial charge in [-0.05, 0) is 29.8 Å². The van der Waals surface area contributed by atoms with Crippen molar-refractivity contribution in [2.75, 3.05) is 0 Å². The van der Waals surface area contributed by atoms with Crippen LogP contribution in [0.5, 0.6) is 11.5 Å². The van der Waals surface area contributed by atoms with Gasteiger partial charge in [0.05, 0.1) is 0 Å². The molecule has 0 fully saturated rings. The number of rotatable bonds is 4. The first-order valence-corrected chi connectivity index (χ1v) is 5.14. The van der Waals surface area contributed by atoms with Gasteiger partial charge in [0.2, 0.25) is 0 Å². The number of benzene rings is 2. The molecule has 0 spiro atoms. The van der Waals surface area contributed by atoms with Crippen molar-refractivity contribution in [3.63, 3.8) is 0 Å². The number of aldehydes is 1. The topological polar surface area (TPSA) is 26.3 Å². The van der Waals surface area contributed by atoms with E-state index in [9.17, 15) is 4.79 Å². The van der Waals surface area contributed by atoms with Crippen molar-refractivity contribution in [3.05, 3.63) is 60.2 Å². The highest BCUT2D eigenvalue weighted by Crippen LogP contribution is 2.20. The van der Waals surface area contributed by atoms with Crippen molar-refractivity contribution < 1.29 is 9.53 Å². The second-order valence-corrected chi connectivity index (χ2v) is 3.43. The zero-order valence-corrected chi connectivity index (χ0v) is 8.80. The third-order valence-electron chi connectivity index (χ3n) is 2.22. The molecule has 0 N–H and O–H groups in total. The zero-order chi connectivity index (χ0) is 11.2. The van der Waals surface area contributed by atoms with Gasteiger partial charge in [0.1, 0.15) is 17.8 Å². The zero-order valence-electron chi connectivity index (χ0n) is 8.80. The van der Waals surface area contributed by atoms with E-state index in [4.69, 9.17) is 4.74 Å². The number of hydrogen-bond donors (Lipinski definition) is 0.